The number of hydrogen-bond acceptors (Lipinski definition) is 4. The topological polar surface area (TPSA) is 44.7 Å². The van der Waals surface area contributed by atoms with Gasteiger partial charge in [-0.05, 0) is 18.9 Å². The molecule has 0 aromatic carbocycles. The summed E-state index contributed by atoms with van der Waals surface area (Å²) in [6.45, 7) is 7.50. The third-order valence-electron chi connectivity index (χ3n) is 2.84. The van der Waals surface area contributed by atoms with Crippen LogP contribution >= 0.6 is 0 Å². The van der Waals surface area contributed by atoms with Crippen molar-refractivity contribution < 1.29 is 9.84 Å². The predicted molar refractivity (Wildman–Crippen MR) is 61.0 cm³/mol. The van der Waals surface area contributed by atoms with Crippen molar-refractivity contribution in [2.45, 2.75) is 19.4 Å². The van der Waals surface area contributed by atoms with Crippen molar-refractivity contribution in [2.24, 2.45) is 5.92 Å². The summed E-state index contributed by atoms with van der Waals surface area (Å²) >= 11 is 0. The SMILES string of the molecule is COCCNCC(O)CN1CCC(C)C1. The molecule has 2 N–H and O–H groups in total. The van der Waals surface area contributed by atoms with Gasteiger partial charge in [0.15, 0.2) is 0 Å². The van der Waals surface area contributed by atoms with Crippen LogP contribution in [0.2, 0.25) is 0 Å². The Morgan fingerprint density at radius 1 is 1.60 bits per heavy atom. The number of aliphatic hydroxyl groups excluding tert-OH is 1. The Kier molecular flexibility index (Phi) is 6.17. The fourth-order valence-electron chi connectivity index (χ4n) is 2.00. The van der Waals surface area contributed by atoms with Crippen LogP contribution in [-0.2, 0) is 4.74 Å². The summed E-state index contributed by atoms with van der Waals surface area (Å²) in [6.07, 6.45) is 1.01. The molecule has 1 fully saturated rings. The summed E-state index contributed by atoms with van der Waals surface area (Å²) in [5.41, 5.74) is 0. The zero-order chi connectivity index (χ0) is 11.1. The summed E-state index contributed by atoms with van der Waals surface area (Å²) in [7, 11) is 1.68. The van der Waals surface area contributed by atoms with Gasteiger partial charge in [0.2, 0.25) is 0 Å². The molecule has 1 rings (SSSR count). The van der Waals surface area contributed by atoms with Gasteiger partial charge >= 0.3 is 0 Å². The van der Waals surface area contributed by atoms with Crippen LogP contribution in [0.4, 0.5) is 0 Å². The van der Waals surface area contributed by atoms with Gasteiger partial charge in [-0.1, -0.05) is 6.92 Å². The molecule has 0 bridgehead atoms. The molecule has 0 saturated carbocycles. The molecule has 15 heavy (non-hydrogen) atoms. The zero-order valence-electron chi connectivity index (χ0n) is 9.91. The molecule has 4 nitrogen and oxygen atoms in total. The lowest BCUT2D eigenvalue weighted by atomic mass is 10.2. The number of likely N-dealkylation sites (tertiary alicyclic amines) is 1. The van der Waals surface area contributed by atoms with E-state index in [0.29, 0.717) is 13.2 Å². The summed E-state index contributed by atoms with van der Waals surface area (Å²) in [5, 5.41) is 12.9. The number of hydrogen-bond donors (Lipinski definition) is 2. The van der Waals surface area contributed by atoms with E-state index in [9.17, 15) is 5.11 Å². The van der Waals surface area contributed by atoms with Crippen LogP contribution in [0, 0.1) is 5.92 Å². The van der Waals surface area contributed by atoms with Crippen molar-refractivity contribution in [3.63, 3.8) is 0 Å². The Labute approximate surface area is 92.6 Å². The van der Waals surface area contributed by atoms with Crippen LogP contribution in [0.15, 0.2) is 0 Å². The first-order valence-corrected chi connectivity index (χ1v) is 5.82. The molecule has 1 saturated heterocycles. The van der Waals surface area contributed by atoms with Crippen molar-refractivity contribution in [3.05, 3.63) is 0 Å². The van der Waals surface area contributed by atoms with E-state index in [1.165, 1.54) is 6.42 Å². The van der Waals surface area contributed by atoms with E-state index in [4.69, 9.17) is 4.74 Å². The Bertz CT molecular complexity index is 167. The molecule has 1 aliphatic rings. The highest BCUT2D eigenvalue weighted by Gasteiger charge is 2.20. The predicted octanol–water partition coefficient (Wildman–Crippen LogP) is -0.0749. The summed E-state index contributed by atoms with van der Waals surface area (Å²) in [5.74, 6) is 0.790. The van der Waals surface area contributed by atoms with Gasteiger partial charge in [-0.25, -0.2) is 0 Å². The van der Waals surface area contributed by atoms with Gasteiger partial charge in [0.05, 0.1) is 12.7 Å². The molecule has 2 atom stereocenters. The molecule has 0 aliphatic carbocycles. The molecule has 0 aromatic heterocycles. The Hall–Kier alpha value is -0.160. The van der Waals surface area contributed by atoms with Gasteiger partial charge in [-0.3, -0.25) is 0 Å². The number of nitrogens with one attached hydrogen (secondary N) is 1. The average molecular weight is 216 g/mol. The van der Waals surface area contributed by atoms with Crippen molar-refractivity contribution in [2.75, 3.05) is 46.4 Å². The average Bonchev–Trinajstić information content (AvgIpc) is 2.59. The van der Waals surface area contributed by atoms with Gasteiger partial charge < -0.3 is 20.1 Å². The van der Waals surface area contributed by atoms with Crippen LogP contribution in [0.5, 0.6) is 0 Å². The molecule has 1 heterocycles. The van der Waals surface area contributed by atoms with Gasteiger partial charge in [0.25, 0.3) is 0 Å². The molecule has 0 aromatic rings. The van der Waals surface area contributed by atoms with E-state index in [2.05, 4.69) is 17.1 Å². The maximum atomic E-state index is 9.75. The largest absolute Gasteiger partial charge is 0.390 e. The van der Waals surface area contributed by atoms with Crippen molar-refractivity contribution >= 4 is 0 Å². The minimum Gasteiger partial charge on any atom is -0.390 e. The quantitative estimate of drug-likeness (QED) is 0.585. The highest BCUT2D eigenvalue weighted by Crippen LogP contribution is 2.14. The van der Waals surface area contributed by atoms with E-state index >= 15 is 0 Å². The van der Waals surface area contributed by atoms with Crippen LogP contribution in [0.1, 0.15) is 13.3 Å². The van der Waals surface area contributed by atoms with E-state index in [0.717, 1.165) is 32.1 Å². The first kappa shape index (κ1) is 12.9. The van der Waals surface area contributed by atoms with E-state index in [1.807, 2.05) is 0 Å². The first-order valence-electron chi connectivity index (χ1n) is 5.82. The molecule has 0 amide bonds. The van der Waals surface area contributed by atoms with E-state index in [1.54, 1.807) is 7.11 Å². The molecule has 2 unspecified atom stereocenters. The second-order valence-electron chi connectivity index (χ2n) is 4.50. The van der Waals surface area contributed by atoms with Crippen LogP contribution in [0.25, 0.3) is 0 Å². The fraction of sp³-hybridized carbons (Fsp3) is 1.00. The lowest BCUT2D eigenvalue weighted by molar-refractivity contribution is 0.118. The third kappa shape index (κ3) is 5.47. The molecular formula is C11H24N2O2. The number of aliphatic hydroxyl groups is 1. The van der Waals surface area contributed by atoms with Crippen LogP contribution in [-0.4, -0.2) is 62.6 Å². The molecule has 1 aliphatic heterocycles. The number of rotatable bonds is 7. The van der Waals surface area contributed by atoms with E-state index < -0.39 is 0 Å². The summed E-state index contributed by atoms with van der Waals surface area (Å²) < 4.78 is 4.92. The Morgan fingerprint density at radius 2 is 2.40 bits per heavy atom. The van der Waals surface area contributed by atoms with Gasteiger partial charge in [-0.15, -0.1) is 0 Å². The number of nitrogens with zero attached hydrogens (tertiary/aromatic N) is 1. The van der Waals surface area contributed by atoms with Gasteiger partial charge in [-0.2, -0.15) is 0 Å². The second-order valence-corrected chi connectivity index (χ2v) is 4.50. The third-order valence-corrected chi connectivity index (χ3v) is 2.84. The molecular weight excluding hydrogens is 192 g/mol. The zero-order valence-corrected chi connectivity index (χ0v) is 9.91. The molecule has 90 valence electrons. The standard InChI is InChI=1S/C11H24N2O2/c1-10-3-5-13(8-10)9-11(14)7-12-4-6-15-2/h10-12,14H,3-9H2,1-2H3. The van der Waals surface area contributed by atoms with Crippen LogP contribution < -0.4 is 5.32 Å². The molecule has 0 spiro atoms. The second kappa shape index (κ2) is 7.17. The molecule has 0 radical (unpaired) electrons. The fourth-order valence-corrected chi connectivity index (χ4v) is 2.00. The lowest BCUT2D eigenvalue weighted by Gasteiger charge is -2.19. The van der Waals surface area contributed by atoms with Gasteiger partial charge in [0, 0.05) is 33.3 Å². The minimum atomic E-state index is -0.257. The Balaban J connectivity index is 2.00. The maximum Gasteiger partial charge on any atom is 0.0791 e. The highest BCUT2D eigenvalue weighted by atomic mass is 16.5. The monoisotopic (exact) mass is 216 g/mol. The highest BCUT2D eigenvalue weighted by molar-refractivity contribution is 4.75. The lowest BCUT2D eigenvalue weighted by Crippen LogP contribution is -2.38. The Morgan fingerprint density at radius 3 is 3.00 bits per heavy atom. The molecule has 4 heteroatoms. The van der Waals surface area contributed by atoms with Crippen molar-refractivity contribution in [1.82, 2.24) is 10.2 Å². The number of ether oxygens (including phenoxy) is 1. The van der Waals surface area contributed by atoms with Gasteiger partial charge in [0.1, 0.15) is 0 Å². The van der Waals surface area contributed by atoms with Crippen molar-refractivity contribution in [1.29, 1.82) is 0 Å². The van der Waals surface area contributed by atoms with Crippen LogP contribution in [0.3, 0.4) is 0 Å². The minimum absolute atomic E-state index is 0.257. The first-order chi connectivity index (χ1) is 7.22. The summed E-state index contributed by atoms with van der Waals surface area (Å²) in [6, 6.07) is 0. The maximum absolute atomic E-state index is 9.75. The van der Waals surface area contributed by atoms with Crippen molar-refractivity contribution in [3.8, 4) is 0 Å². The smallest absolute Gasteiger partial charge is 0.0791 e. The number of β-amino-alcohol motifs (C(OH)–C–C–N with tert-alkyl or cyclic N) is 1. The van der Waals surface area contributed by atoms with E-state index in [-0.39, 0.29) is 6.10 Å². The summed E-state index contributed by atoms with van der Waals surface area (Å²) in [4.78, 5) is 2.34. The normalized spacial score (nSPS) is 24.6. The number of methoxy groups -OCH3 is 1.